The van der Waals surface area contributed by atoms with Crippen molar-refractivity contribution in [1.29, 1.82) is 0 Å². The normalized spacial score (nSPS) is 12.5. The van der Waals surface area contributed by atoms with Crippen molar-refractivity contribution in [3.8, 4) is 17.2 Å². The van der Waals surface area contributed by atoms with Gasteiger partial charge in [0.2, 0.25) is 5.75 Å². The molecule has 1 N–H and O–H groups in total. The largest absolute Gasteiger partial charge is 0.493 e. The zero-order valence-electron chi connectivity index (χ0n) is 17.3. The lowest BCUT2D eigenvalue weighted by atomic mass is 10.1. The summed E-state index contributed by atoms with van der Waals surface area (Å²) in [5.41, 5.74) is 4.37. The molecule has 4 rings (SSSR count). The molecule has 2 amide bonds. The Bertz CT molecular complexity index is 1200. The third-order valence-corrected chi connectivity index (χ3v) is 5.08. The van der Waals surface area contributed by atoms with Gasteiger partial charge < -0.3 is 14.2 Å². The lowest BCUT2D eigenvalue weighted by molar-refractivity contribution is -0.119. The Labute approximate surface area is 179 Å². The van der Waals surface area contributed by atoms with Gasteiger partial charge in [0.05, 0.1) is 33.2 Å². The lowest BCUT2D eigenvalue weighted by Crippen LogP contribution is -2.37. The molecule has 0 aliphatic carbocycles. The number of nitrogens with one attached hydrogen (secondary N) is 1. The summed E-state index contributed by atoms with van der Waals surface area (Å²) in [6.07, 6.45) is 1.44. The van der Waals surface area contributed by atoms with E-state index >= 15 is 0 Å². The Kier molecular flexibility index (Phi) is 5.44. The lowest BCUT2D eigenvalue weighted by Gasteiger charge is -2.16. The summed E-state index contributed by atoms with van der Waals surface area (Å²) in [4.78, 5) is 26.7. The molecular formula is C23H21N3O5. The predicted molar refractivity (Wildman–Crippen MR) is 117 cm³/mol. The summed E-state index contributed by atoms with van der Waals surface area (Å²) in [5.74, 6) is 0.744. The Morgan fingerprint density at radius 3 is 2.45 bits per heavy atom. The van der Waals surface area contributed by atoms with E-state index in [2.05, 4.69) is 10.5 Å². The van der Waals surface area contributed by atoms with Crippen molar-refractivity contribution in [2.45, 2.75) is 0 Å². The third kappa shape index (κ3) is 3.52. The summed E-state index contributed by atoms with van der Waals surface area (Å²) in [6.45, 7) is -0.146. The van der Waals surface area contributed by atoms with Gasteiger partial charge in [0, 0.05) is 16.5 Å². The Morgan fingerprint density at radius 1 is 1.00 bits per heavy atom. The molecule has 3 aromatic rings. The van der Waals surface area contributed by atoms with Crippen LogP contribution in [0.15, 0.2) is 53.6 Å². The monoisotopic (exact) mass is 419 g/mol. The molecule has 0 bridgehead atoms. The minimum atomic E-state index is -0.422. The van der Waals surface area contributed by atoms with Crippen LogP contribution in [0.2, 0.25) is 0 Å². The molecule has 0 saturated carbocycles. The first-order valence-electron chi connectivity index (χ1n) is 9.53. The van der Waals surface area contributed by atoms with Gasteiger partial charge in [0.15, 0.2) is 11.5 Å². The fourth-order valence-corrected chi connectivity index (χ4v) is 3.71. The minimum Gasteiger partial charge on any atom is -0.493 e. The van der Waals surface area contributed by atoms with E-state index in [4.69, 9.17) is 14.2 Å². The molecule has 0 fully saturated rings. The molecule has 1 aliphatic heterocycles. The van der Waals surface area contributed by atoms with Crippen molar-refractivity contribution in [2.75, 3.05) is 32.8 Å². The van der Waals surface area contributed by atoms with Gasteiger partial charge in [0.25, 0.3) is 11.8 Å². The van der Waals surface area contributed by atoms with Crippen molar-refractivity contribution < 1.29 is 23.8 Å². The summed E-state index contributed by atoms with van der Waals surface area (Å²) >= 11 is 0. The highest BCUT2D eigenvalue weighted by molar-refractivity contribution is 6.26. The Morgan fingerprint density at radius 2 is 1.74 bits per heavy atom. The Hall–Kier alpha value is -4.07. The molecule has 0 spiro atoms. The first kappa shape index (κ1) is 20.2. The van der Waals surface area contributed by atoms with Gasteiger partial charge in [-0.25, -0.2) is 5.43 Å². The number of hydrazone groups is 1. The molecule has 0 unspecified atom stereocenters. The molecule has 158 valence electrons. The standard InChI is InChI=1S/C23H21N3O5/c1-29-18-11-10-15(21(30-2)22(18)31-3)12-24-25-19(27)13-26-17-9-5-7-14-6-4-8-16(20(14)17)23(26)28/h4-12H,13H2,1-3H3,(H,25,27)/b24-12+. The predicted octanol–water partition coefficient (Wildman–Crippen LogP) is 2.98. The van der Waals surface area contributed by atoms with Crippen LogP contribution in [0.25, 0.3) is 10.8 Å². The molecule has 0 atom stereocenters. The number of benzene rings is 3. The molecule has 1 heterocycles. The SMILES string of the molecule is COc1ccc(/C=N/NC(=O)CN2C(=O)c3cccc4cccc2c34)c(OC)c1OC. The summed E-state index contributed by atoms with van der Waals surface area (Å²) < 4.78 is 16.0. The first-order valence-corrected chi connectivity index (χ1v) is 9.53. The molecule has 0 radical (unpaired) electrons. The molecule has 8 heteroatoms. The summed E-state index contributed by atoms with van der Waals surface area (Å²) in [7, 11) is 4.54. The van der Waals surface area contributed by atoms with Gasteiger partial charge in [-0.2, -0.15) is 5.10 Å². The van der Waals surface area contributed by atoms with E-state index < -0.39 is 5.91 Å². The first-order chi connectivity index (χ1) is 15.1. The Balaban J connectivity index is 1.49. The van der Waals surface area contributed by atoms with Crippen molar-refractivity contribution >= 4 is 34.5 Å². The fraction of sp³-hybridized carbons (Fsp3) is 0.174. The smallest absolute Gasteiger partial charge is 0.260 e. The van der Waals surface area contributed by atoms with Crippen molar-refractivity contribution in [3.05, 3.63) is 59.7 Å². The van der Waals surface area contributed by atoms with Gasteiger partial charge in [-0.1, -0.05) is 24.3 Å². The summed E-state index contributed by atoms with van der Waals surface area (Å²) in [6, 6.07) is 14.6. The number of hydrogen-bond donors (Lipinski definition) is 1. The number of hydrogen-bond acceptors (Lipinski definition) is 6. The van der Waals surface area contributed by atoms with Crippen LogP contribution in [0.3, 0.4) is 0 Å². The topological polar surface area (TPSA) is 89.5 Å². The number of amides is 2. The van der Waals surface area contributed by atoms with E-state index in [0.717, 1.165) is 16.5 Å². The van der Waals surface area contributed by atoms with Crippen LogP contribution in [-0.4, -0.2) is 45.9 Å². The van der Waals surface area contributed by atoms with Crippen LogP contribution in [0.5, 0.6) is 17.2 Å². The summed E-state index contributed by atoms with van der Waals surface area (Å²) in [5, 5.41) is 5.83. The maximum Gasteiger partial charge on any atom is 0.260 e. The van der Waals surface area contributed by atoms with E-state index in [-0.39, 0.29) is 12.5 Å². The number of ether oxygens (including phenoxy) is 3. The number of methoxy groups -OCH3 is 3. The van der Waals surface area contributed by atoms with Crippen LogP contribution in [0.4, 0.5) is 5.69 Å². The maximum absolute atomic E-state index is 12.8. The van der Waals surface area contributed by atoms with E-state index in [0.29, 0.717) is 28.4 Å². The molecule has 3 aromatic carbocycles. The van der Waals surface area contributed by atoms with Crippen LogP contribution < -0.4 is 24.5 Å². The zero-order chi connectivity index (χ0) is 22.0. The number of carbonyl (C=O) groups excluding carboxylic acids is 2. The van der Waals surface area contributed by atoms with Crippen LogP contribution >= 0.6 is 0 Å². The molecule has 0 saturated heterocycles. The second kappa shape index (κ2) is 8.35. The van der Waals surface area contributed by atoms with Gasteiger partial charge in [0.1, 0.15) is 6.54 Å². The second-order valence-electron chi connectivity index (χ2n) is 6.79. The van der Waals surface area contributed by atoms with Crippen LogP contribution in [-0.2, 0) is 4.79 Å². The average molecular weight is 419 g/mol. The average Bonchev–Trinajstić information content (AvgIpc) is 3.06. The molecular weight excluding hydrogens is 398 g/mol. The van der Waals surface area contributed by atoms with Crippen LogP contribution in [0, 0.1) is 0 Å². The van der Waals surface area contributed by atoms with E-state index in [1.54, 1.807) is 18.2 Å². The molecule has 1 aliphatic rings. The van der Waals surface area contributed by atoms with Gasteiger partial charge in [-0.15, -0.1) is 0 Å². The maximum atomic E-state index is 12.8. The van der Waals surface area contributed by atoms with Crippen molar-refractivity contribution in [3.63, 3.8) is 0 Å². The third-order valence-electron chi connectivity index (χ3n) is 5.08. The second-order valence-corrected chi connectivity index (χ2v) is 6.79. The zero-order valence-corrected chi connectivity index (χ0v) is 17.3. The van der Waals surface area contributed by atoms with E-state index in [9.17, 15) is 9.59 Å². The molecule has 31 heavy (non-hydrogen) atoms. The van der Waals surface area contributed by atoms with E-state index in [1.165, 1.54) is 32.4 Å². The molecule has 0 aromatic heterocycles. The highest BCUT2D eigenvalue weighted by atomic mass is 16.5. The van der Waals surface area contributed by atoms with E-state index in [1.807, 2.05) is 30.3 Å². The fourth-order valence-electron chi connectivity index (χ4n) is 3.71. The number of anilines is 1. The van der Waals surface area contributed by atoms with Gasteiger partial charge in [-0.05, 0) is 29.7 Å². The minimum absolute atomic E-state index is 0.146. The van der Waals surface area contributed by atoms with Crippen molar-refractivity contribution in [1.82, 2.24) is 5.43 Å². The highest BCUT2D eigenvalue weighted by Crippen LogP contribution is 2.39. The van der Waals surface area contributed by atoms with Gasteiger partial charge in [-0.3, -0.25) is 14.5 Å². The molecule has 8 nitrogen and oxygen atoms in total. The number of carbonyl (C=O) groups is 2. The quantitative estimate of drug-likeness (QED) is 0.470. The van der Waals surface area contributed by atoms with Crippen molar-refractivity contribution in [2.24, 2.45) is 5.10 Å². The highest BCUT2D eigenvalue weighted by Gasteiger charge is 2.30. The number of rotatable bonds is 7. The van der Waals surface area contributed by atoms with Crippen LogP contribution in [0.1, 0.15) is 15.9 Å². The number of nitrogens with zero attached hydrogens (tertiary/aromatic N) is 2. The van der Waals surface area contributed by atoms with Gasteiger partial charge >= 0.3 is 0 Å².